The summed E-state index contributed by atoms with van der Waals surface area (Å²) in [6.07, 6.45) is 6.03. The lowest BCUT2D eigenvalue weighted by atomic mass is 10.1. The summed E-state index contributed by atoms with van der Waals surface area (Å²) in [7, 11) is 0. The lowest BCUT2D eigenvalue weighted by molar-refractivity contribution is 0.501. The van der Waals surface area contributed by atoms with Gasteiger partial charge in [-0.2, -0.15) is 0 Å². The van der Waals surface area contributed by atoms with E-state index in [1.54, 1.807) is 6.33 Å². The topological polar surface area (TPSA) is 55.9 Å². The molecule has 0 radical (unpaired) electrons. The van der Waals surface area contributed by atoms with Gasteiger partial charge in [0.2, 0.25) is 0 Å². The third-order valence-corrected chi connectivity index (χ3v) is 3.55. The molecule has 1 aliphatic rings. The van der Waals surface area contributed by atoms with Crippen molar-refractivity contribution in [1.29, 1.82) is 0 Å². The van der Waals surface area contributed by atoms with E-state index in [4.69, 9.17) is 5.73 Å². The molecule has 0 aliphatic heterocycles. The van der Waals surface area contributed by atoms with Crippen LogP contribution in [0.2, 0.25) is 0 Å². The summed E-state index contributed by atoms with van der Waals surface area (Å²) in [4.78, 5) is 4.02. The van der Waals surface area contributed by atoms with E-state index in [-0.39, 0.29) is 0 Å². The van der Waals surface area contributed by atoms with E-state index < -0.39 is 0 Å². The molecule has 1 heterocycles. The highest BCUT2D eigenvalue weighted by Crippen LogP contribution is 2.30. The van der Waals surface area contributed by atoms with Crippen molar-refractivity contribution in [2.45, 2.75) is 25.4 Å². The summed E-state index contributed by atoms with van der Waals surface area (Å²) < 4.78 is 2.02. The molecule has 1 atom stereocenters. The van der Waals surface area contributed by atoms with E-state index in [1.807, 2.05) is 10.8 Å². The maximum Gasteiger partial charge on any atom is 0.141 e. The summed E-state index contributed by atoms with van der Waals surface area (Å²) in [5, 5.41) is 3.61. The quantitative estimate of drug-likeness (QED) is 0.858. The molecule has 94 valence electrons. The first-order valence-corrected chi connectivity index (χ1v) is 6.41. The molecular weight excluding hydrogens is 224 g/mol. The Labute approximate surface area is 107 Å². The first-order valence-electron chi connectivity index (χ1n) is 6.41. The normalized spacial score (nSPS) is 17.9. The fraction of sp³-hybridized carbons (Fsp3) is 0.357. The second kappa shape index (κ2) is 4.82. The van der Waals surface area contributed by atoms with Gasteiger partial charge in [-0.1, -0.05) is 24.3 Å². The number of anilines is 1. The summed E-state index contributed by atoms with van der Waals surface area (Å²) in [5.74, 6) is 0.584. The van der Waals surface area contributed by atoms with Crippen molar-refractivity contribution < 1.29 is 0 Å². The number of hydrogen-bond acceptors (Lipinski definition) is 3. The van der Waals surface area contributed by atoms with Gasteiger partial charge in [0.25, 0.3) is 0 Å². The van der Waals surface area contributed by atoms with Crippen LogP contribution in [-0.2, 0) is 13.0 Å². The van der Waals surface area contributed by atoms with Crippen LogP contribution >= 0.6 is 0 Å². The Morgan fingerprint density at radius 3 is 3.11 bits per heavy atom. The number of nitrogen functional groups attached to an aromatic ring is 1. The molecule has 18 heavy (non-hydrogen) atoms. The SMILES string of the molecule is Nc1cn(CCNC2CCc3ccccc32)cn1. The molecule has 0 fully saturated rings. The molecule has 1 aliphatic carbocycles. The van der Waals surface area contributed by atoms with Gasteiger partial charge < -0.3 is 15.6 Å². The van der Waals surface area contributed by atoms with E-state index in [9.17, 15) is 0 Å². The number of nitrogens with one attached hydrogen (secondary N) is 1. The maximum absolute atomic E-state index is 5.58. The van der Waals surface area contributed by atoms with Gasteiger partial charge in [0.15, 0.2) is 0 Å². The van der Waals surface area contributed by atoms with Crippen molar-refractivity contribution in [3.05, 3.63) is 47.9 Å². The van der Waals surface area contributed by atoms with Crippen LogP contribution in [0.25, 0.3) is 0 Å². The van der Waals surface area contributed by atoms with Crippen LogP contribution in [0.1, 0.15) is 23.6 Å². The molecule has 1 unspecified atom stereocenters. The van der Waals surface area contributed by atoms with Gasteiger partial charge in [0, 0.05) is 25.3 Å². The maximum atomic E-state index is 5.58. The number of benzene rings is 1. The molecule has 4 heteroatoms. The Hall–Kier alpha value is -1.81. The van der Waals surface area contributed by atoms with E-state index in [2.05, 4.69) is 34.6 Å². The predicted octanol–water partition coefficient (Wildman–Crippen LogP) is 1.74. The minimum atomic E-state index is 0.502. The Balaban J connectivity index is 1.56. The molecule has 0 bridgehead atoms. The zero-order chi connectivity index (χ0) is 12.4. The molecule has 3 rings (SSSR count). The Morgan fingerprint density at radius 1 is 1.39 bits per heavy atom. The van der Waals surface area contributed by atoms with Crippen molar-refractivity contribution in [3.63, 3.8) is 0 Å². The second-order valence-electron chi connectivity index (χ2n) is 4.78. The minimum Gasteiger partial charge on any atom is -0.382 e. The standard InChI is InChI=1S/C14H18N4/c15-14-9-18(10-17-14)8-7-16-13-6-5-11-3-1-2-4-12(11)13/h1-4,9-10,13,16H,5-8,15H2. The van der Waals surface area contributed by atoms with Gasteiger partial charge in [-0.3, -0.25) is 0 Å². The van der Waals surface area contributed by atoms with Crippen LogP contribution < -0.4 is 11.1 Å². The van der Waals surface area contributed by atoms with Crippen LogP contribution in [0, 0.1) is 0 Å². The Bertz CT molecular complexity index is 532. The zero-order valence-corrected chi connectivity index (χ0v) is 10.3. The highest BCUT2D eigenvalue weighted by atomic mass is 15.1. The van der Waals surface area contributed by atoms with Gasteiger partial charge in [-0.25, -0.2) is 4.98 Å². The first-order chi connectivity index (χ1) is 8.83. The average Bonchev–Trinajstić information content (AvgIpc) is 2.97. The fourth-order valence-electron chi connectivity index (χ4n) is 2.64. The number of imidazole rings is 1. The molecule has 3 N–H and O–H groups in total. The first kappa shape index (κ1) is 11.3. The van der Waals surface area contributed by atoms with Crippen molar-refractivity contribution in [2.24, 2.45) is 0 Å². The number of aromatic nitrogens is 2. The molecule has 1 aromatic carbocycles. The Kier molecular flexibility index (Phi) is 3.02. The molecule has 0 spiro atoms. The summed E-state index contributed by atoms with van der Waals surface area (Å²) in [6.45, 7) is 1.84. The second-order valence-corrected chi connectivity index (χ2v) is 4.78. The van der Waals surface area contributed by atoms with Crippen LogP contribution in [0.15, 0.2) is 36.8 Å². The third kappa shape index (κ3) is 2.24. The van der Waals surface area contributed by atoms with E-state index in [1.165, 1.54) is 24.0 Å². The summed E-state index contributed by atoms with van der Waals surface area (Å²) >= 11 is 0. The number of nitrogens with two attached hydrogens (primary N) is 1. The highest BCUT2D eigenvalue weighted by molar-refractivity contribution is 5.34. The van der Waals surface area contributed by atoms with Gasteiger partial charge in [-0.15, -0.1) is 0 Å². The van der Waals surface area contributed by atoms with Crippen LogP contribution in [0.3, 0.4) is 0 Å². The third-order valence-electron chi connectivity index (χ3n) is 3.55. The predicted molar refractivity (Wildman–Crippen MR) is 72.1 cm³/mol. The number of nitrogens with zero attached hydrogens (tertiary/aromatic N) is 2. The smallest absolute Gasteiger partial charge is 0.141 e. The molecule has 2 aromatic rings. The molecular formula is C14H18N4. The van der Waals surface area contributed by atoms with Gasteiger partial charge >= 0.3 is 0 Å². The van der Waals surface area contributed by atoms with Crippen LogP contribution in [0.5, 0.6) is 0 Å². The van der Waals surface area contributed by atoms with Crippen LogP contribution in [0.4, 0.5) is 5.82 Å². The monoisotopic (exact) mass is 242 g/mol. The zero-order valence-electron chi connectivity index (χ0n) is 10.3. The fourth-order valence-corrected chi connectivity index (χ4v) is 2.64. The minimum absolute atomic E-state index is 0.502. The van der Waals surface area contributed by atoms with Crippen molar-refractivity contribution in [1.82, 2.24) is 14.9 Å². The lowest BCUT2D eigenvalue weighted by Gasteiger charge is -2.14. The average molecular weight is 242 g/mol. The number of rotatable bonds is 4. The lowest BCUT2D eigenvalue weighted by Crippen LogP contribution is -2.23. The van der Waals surface area contributed by atoms with E-state index in [0.29, 0.717) is 11.9 Å². The molecule has 4 nitrogen and oxygen atoms in total. The number of hydrogen-bond donors (Lipinski definition) is 2. The Morgan fingerprint density at radius 2 is 2.28 bits per heavy atom. The van der Waals surface area contributed by atoms with Crippen molar-refractivity contribution in [2.75, 3.05) is 12.3 Å². The van der Waals surface area contributed by atoms with E-state index in [0.717, 1.165) is 13.1 Å². The molecule has 0 saturated heterocycles. The van der Waals surface area contributed by atoms with Crippen LogP contribution in [-0.4, -0.2) is 16.1 Å². The van der Waals surface area contributed by atoms with Crippen molar-refractivity contribution in [3.8, 4) is 0 Å². The molecule has 1 aromatic heterocycles. The largest absolute Gasteiger partial charge is 0.382 e. The summed E-state index contributed by atoms with van der Waals surface area (Å²) in [6, 6.07) is 9.20. The van der Waals surface area contributed by atoms with Gasteiger partial charge in [-0.05, 0) is 24.0 Å². The molecule has 0 saturated carbocycles. The summed E-state index contributed by atoms with van der Waals surface area (Å²) in [5.41, 5.74) is 8.53. The van der Waals surface area contributed by atoms with Crippen molar-refractivity contribution >= 4 is 5.82 Å². The van der Waals surface area contributed by atoms with Gasteiger partial charge in [0.05, 0.1) is 6.33 Å². The highest BCUT2D eigenvalue weighted by Gasteiger charge is 2.20. The molecule has 0 amide bonds. The van der Waals surface area contributed by atoms with Gasteiger partial charge in [0.1, 0.15) is 5.82 Å². The van der Waals surface area contributed by atoms with E-state index >= 15 is 0 Å². The number of fused-ring (bicyclic) bond motifs is 1. The number of aryl methyl sites for hydroxylation is 1.